The second kappa shape index (κ2) is 32.9. The predicted octanol–water partition coefficient (Wildman–Crippen LogP) is -5.41. The van der Waals surface area contributed by atoms with Gasteiger partial charge in [-0.2, -0.15) is 11.8 Å². The molecule has 1 heterocycles. The zero-order chi connectivity index (χ0) is 57.4. The van der Waals surface area contributed by atoms with Gasteiger partial charge in [-0.3, -0.25) is 47.9 Å². The molecular weight excluding hydrogens is 1020 g/mol. The minimum atomic E-state index is -1.72. The number of aliphatic hydroxyl groups excluding tert-OH is 4. The van der Waals surface area contributed by atoms with E-state index in [1.807, 2.05) is 0 Å². The maximum atomic E-state index is 14.2. The Kier molecular flexibility index (Phi) is 28.4. The molecule has 0 spiro atoms. The highest BCUT2D eigenvalue weighted by atomic mass is 32.2. The van der Waals surface area contributed by atoms with Gasteiger partial charge in [-0.1, -0.05) is 64.4 Å². The van der Waals surface area contributed by atoms with E-state index < -0.39 is 164 Å². The van der Waals surface area contributed by atoms with Crippen LogP contribution in [0.15, 0.2) is 30.3 Å². The van der Waals surface area contributed by atoms with Gasteiger partial charge in [0.2, 0.25) is 59.1 Å². The molecule has 1 aliphatic heterocycles. The molecule has 426 valence electrons. The standard InChI is InChI=1S/C48H77N11O16S/c1-7-25(4)38(58-43(69)33(22-61)55-41(67)30(19-27-12-9-8-10-13-27)52-42(68)32(21-60)56-45(71)37(50)26(5)63)46(72)53-29(18-24(2)3)40(66)51-28(15-17-76-6)39(65)57-34(23-62)47(73)59-16-11-14-35(59)44(70)54-31(48(74)75)20-36(49)64/h8-10,12-13,24-26,28-35,37-38,60-63H,7,11,14-23,50H2,1-6H3,(H2,49,64)(H,51,66)(H,52,68)(H,53,72)(H,54,70)(H,55,67)(H,56,71)(H,57,65)(H,58,69)(H,74,75)/t25-,26+,28-,29-,30-,31-,32-,33-,34-,35-,37-,38-/m0/s1. The van der Waals surface area contributed by atoms with Crippen molar-refractivity contribution in [3.8, 4) is 0 Å². The van der Waals surface area contributed by atoms with Gasteiger partial charge in [0.05, 0.1) is 32.3 Å². The van der Waals surface area contributed by atoms with E-state index in [0.29, 0.717) is 24.2 Å². The first kappa shape index (κ1) is 65.7. The molecule has 17 N–H and O–H groups in total. The van der Waals surface area contributed by atoms with Crippen LogP contribution >= 0.6 is 11.8 Å². The number of rotatable bonds is 33. The number of primary amides is 1. The number of carboxylic acid groups (broad SMARTS) is 1. The van der Waals surface area contributed by atoms with Gasteiger partial charge in [0.25, 0.3) is 0 Å². The van der Waals surface area contributed by atoms with Crippen LogP contribution in [0.2, 0.25) is 0 Å². The van der Waals surface area contributed by atoms with Gasteiger partial charge in [0.15, 0.2) is 0 Å². The summed E-state index contributed by atoms with van der Waals surface area (Å²) in [6.45, 7) is 5.24. The van der Waals surface area contributed by atoms with Crippen LogP contribution in [0.5, 0.6) is 0 Å². The lowest BCUT2D eigenvalue weighted by Gasteiger charge is -2.30. The average molecular weight is 1100 g/mol. The first-order chi connectivity index (χ1) is 35.8. The maximum Gasteiger partial charge on any atom is 0.326 e. The number of nitrogens with one attached hydrogen (secondary N) is 8. The fraction of sp³-hybridized carbons (Fsp3) is 0.646. The fourth-order valence-electron chi connectivity index (χ4n) is 7.81. The first-order valence-corrected chi connectivity index (χ1v) is 26.3. The molecule has 2 rings (SSSR count). The number of benzene rings is 1. The number of carbonyl (C=O) groups excluding carboxylic acids is 10. The number of thioether (sulfide) groups is 1. The van der Waals surface area contributed by atoms with Crippen LogP contribution in [-0.4, -0.2) is 200 Å². The minimum absolute atomic E-state index is 0.00159. The third kappa shape index (κ3) is 20.9. The summed E-state index contributed by atoms with van der Waals surface area (Å²) >= 11 is 1.32. The van der Waals surface area contributed by atoms with E-state index in [0.717, 1.165) is 4.90 Å². The molecule has 1 aromatic carbocycles. The van der Waals surface area contributed by atoms with E-state index >= 15 is 0 Å². The van der Waals surface area contributed by atoms with Gasteiger partial charge in [0, 0.05) is 13.0 Å². The highest BCUT2D eigenvalue weighted by Gasteiger charge is 2.41. The van der Waals surface area contributed by atoms with E-state index in [1.54, 1.807) is 64.3 Å². The van der Waals surface area contributed by atoms with Crippen LogP contribution in [0.4, 0.5) is 0 Å². The SMILES string of the molecule is CC[C@H](C)[C@H](NC(=O)[C@H](CO)NC(=O)[C@H](Cc1ccccc1)NC(=O)[C@H](CO)NC(=O)[C@@H](N)[C@@H](C)O)C(=O)N[C@@H](CC(C)C)C(=O)N[C@@H](CCSC)C(=O)N[C@@H](CO)C(=O)N1CCC[C@H]1C(=O)N[C@@H](CC(N)=O)C(=O)O. The van der Waals surface area contributed by atoms with E-state index in [-0.39, 0.29) is 38.1 Å². The Morgan fingerprint density at radius 3 is 1.70 bits per heavy atom. The van der Waals surface area contributed by atoms with Gasteiger partial charge in [0.1, 0.15) is 60.4 Å². The van der Waals surface area contributed by atoms with E-state index in [2.05, 4.69) is 42.5 Å². The van der Waals surface area contributed by atoms with Gasteiger partial charge < -0.3 is 84.4 Å². The molecule has 1 saturated heterocycles. The maximum absolute atomic E-state index is 14.2. The predicted molar refractivity (Wildman–Crippen MR) is 275 cm³/mol. The molecule has 0 bridgehead atoms. The van der Waals surface area contributed by atoms with Gasteiger partial charge in [-0.15, -0.1) is 0 Å². The second-order valence-electron chi connectivity index (χ2n) is 18.9. The molecule has 0 radical (unpaired) electrons. The Morgan fingerprint density at radius 2 is 1.17 bits per heavy atom. The van der Waals surface area contributed by atoms with Crippen molar-refractivity contribution in [1.29, 1.82) is 0 Å². The lowest BCUT2D eigenvalue weighted by Crippen LogP contribution is -2.62. The monoisotopic (exact) mass is 1100 g/mol. The number of carboxylic acids is 1. The van der Waals surface area contributed by atoms with Crippen molar-refractivity contribution in [2.75, 3.05) is 38.4 Å². The minimum Gasteiger partial charge on any atom is -0.480 e. The number of amides is 10. The zero-order valence-electron chi connectivity index (χ0n) is 43.6. The molecule has 0 aliphatic carbocycles. The molecule has 0 saturated carbocycles. The Bertz CT molecular complexity index is 2160. The highest BCUT2D eigenvalue weighted by Crippen LogP contribution is 2.20. The number of aliphatic carboxylic acids is 1. The summed E-state index contributed by atoms with van der Waals surface area (Å²) in [5.41, 5.74) is 11.3. The highest BCUT2D eigenvalue weighted by molar-refractivity contribution is 7.98. The van der Waals surface area contributed by atoms with Crippen molar-refractivity contribution >= 4 is 76.8 Å². The topological polar surface area (TPSA) is 440 Å². The zero-order valence-corrected chi connectivity index (χ0v) is 44.4. The Labute approximate surface area is 444 Å². The number of hydrogen-bond donors (Lipinski definition) is 15. The van der Waals surface area contributed by atoms with Gasteiger partial charge >= 0.3 is 5.97 Å². The number of carbonyl (C=O) groups is 11. The largest absolute Gasteiger partial charge is 0.480 e. The molecular formula is C48H77N11O16S. The van der Waals surface area contributed by atoms with Crippen molar-refractivity contribution in [2.45, 2.75) is 146 Å². The molecule has 76 heavy (non-hydrogen) atoms. The van der Waals surface area contributed by atoms with Crippen LogP contribution in [0.25, 0.3) is 0 Å². The van der Waals surface area contributed by atoms with Crippen molar-refractivity contribution in [3.63, 3.8) is 0 Å². The van der Waals surface area contributed by atoms with E-state index in [4.69, 9.17) is 11.5 Å². The quantitative estimate of drug-likeness (QED) is 0.0312. The summed E-state index contributed by atoms with van der Waals surface area (Å²) in [7, 11) is 0. The average Bonchev–Trinajstić information content (AvgIpc) is 3.88. The van der Waals surface area contributed by atoms with Gasteiger partial charge in [-0.05, 0) is 62.0 Å². The Hall–Kier alpha value is -6.46. The molecule has 12 atom stereocenters. The van der Waals surface area contributed by atoms with Crippen molar-refractivity contribution < 1.29 is 78.3 Å². The summed E-state index contributed by atoms with van der Waals surface area (Å²) in [5.74, 6) is -11.5. The number of nitrogens with zero attached hydrogens (tertiary/aromatic N) is 1. The molecule has 0 aromatic heterocycles. The molecule has 1 aromatic rings. The molecule has 28 heteroatoms. The first-order valence-electron chi connectivity index (χ1n) is 24.9. The third-order valence-electron chi connectivity index (χ3n) is 12.4. The summed E-state index contributed by atoms with van der Waals surface area (Å²) in [4.78, 5) is 147. The van der Waals surface area contributed by atoms with E-state index in [9.17, 15) is 78.3 Å². The number of aliphatic hydroxyl groups is 4. The van der Waals surface area contributed by atoms with Crippen LogP contribution in [0.1, 0.15) is 78.7 Å². The van der Waals surface area contributed by atoms with Crippen LogP contribution in [0, 0.1) is 11.8 Å². The normalized spacial score (nSPS) is 17.6. The summed E-state index contributed by atoms with van der Waals surface area (Å²) in [5, 5.41) is 69.3. The Morgan fingerprint density at radius 1 is 0.671 bits per heavy atom. The van der Waals surface area contributed by atoms with Crippen molar-refractivity contribution in [1.82, 2.24) is 47.4 Å². The number of likely N-dealkylation sites (tertiary alicyclic amines) is 1. The number of hydrogen-bond acceptors (Lipinski definition) is 17. The fourth-order valence-corrected chi connectivity index (χ4v) is 8.28. The number of nitrogens with two attached hydrogens (primary N) is 2. The van der Waals surface area contributed by atoms with Crippen LogP contribution in [-0.2, 0) is 59.2 Å². The molecule has 10 amide bonds. The van der Waals surface area contributed by atoms with E-state index in [1.165, 1.54) is 18.7 Å². The van der Waals surface area contributed by atoms with Crippen molar-refractivity contribution in [3.05, 3.63) is 35.9 Å². The summed E-state index contributed by atoms with van der Waals surface area (Å²) < 4.78 is 0. The van der Waals surface area contributed by atoms with Crippen LogP contribution < -0.4 is 54.0 Å². The van der Waals surface area contributed by atoms with Gasteiger partial charge in [-0.25, -0.2) is 4.79 Å². The molecule has 1 aliphatic rings. The lowest BCUT2D eigenvalue weighted by molar-refractivity contribution is -0.146. The summed E-state index contributed by atoms with van der Waals surface area (Å²) in [6, 6.07) is -6.50. The Balaban J connectivity index is 2.32. The second-order valence-corrected chi connectivity index (χ2v) is 19.9. The summed E-state index contributed by atoms with van der Waals surface area (Å²) in [6.07, 6.45) is 0.272. The molecule has 27 nitrogen and oxygen atoms in total. The van der Waals surface area contributed by atoms with Crippen LogP contribution in [0.3, 0.4) is 0 Å². The lowest BCUT2D eigenvalue weighted by atomic mass is 9.96. The molecule has 0 unspecified atom stereocenters. The smallest absolute Gasteiger partial charge is 0.326 e. The molecule has 1 fully saturated rings. The third-order valence-corrected chi connectivity index (χ3v) is 13.0. The van der Waals surface area contributed by atoms with Crippen molar-refractivity contribution in [2.24, 2.45) is 23.3 Å².